The molecule has 0 amide bonds. The monoisotopic (exact) mass is 456 g/mol. The lowest BCUT2D eigenvalue weighted by Crippen LogP contribution is -2.42. The van der Waals surface area contributed by atoms with Gasteiger partial charge >= 0.3 is 0 Å². The van der Waals surface area contributed by atoms with Crippen LogP contribution in [0.5, 0.6) is 0 Å². The van der Waals surface area contributed by atoms with E-state index >= 15 is 0 Å². The predicted octanol–water partition coefficient (Wildman–Crippen LogP) is 2.62. The molecule has 1 aliphatic heterocycles. The van der Waals surface area contributed by atoms with Gasteiger partial charge in [0.05, 0.1) is 17.2 Å². The van der Waals surface area contributed by atoms with Crippen molar-refractivity contribution >= 4 is 23.8 Å². The summed E-state index contributed by atoms with van der Waals surface area (Å²) in [7, 11) is 1.79. The summed E-state index contributed by atoms with van der Waals surface area (Å²) < 4.78 is 1.67. The van der Waals surface area contributed by atoms with Crippen LogP contribution in [-0.4, -0.2) is 20.5 Å². The summed E-state index contributed by atoms with van der Waals surface area (Å²) in [6, 6.07) is 7.78. The number of nitrogens with one attached hydrogen (secondary N) is 2. The van der Waals surface area contributed by atoms with Crippen molar-refractivity contribution in [1.29, 1.82) is 0 Å². The molecule has 0 saturated carbocycles. The van der Waals surface area contributed by atoms with E-state index < -0.39 is 6.23 Å². The maximum Gasteiger partial charge on any atom is 0.258 e. The number of rotatable bonds is 4. The third kappa shape index (κ3) is 4.67. The first-order valence-corrected chi connectivity index (χ1v) is 11.0. The SMILES string of the molecule is C=C(C)/C=c1\c(=CC)cc(-c2cc(NC3=NC(c4cnc(C)cn4)ON3)ccc2C)c(=O)n1C. The summed E-state index contributed by atoms with van der Waals surface area (Å²) in [5.41, 5.74) is 8.27. The zero-order valence-corrected chi connectivity index (χ0v) is 20.0. The Labute approximate surface area is 198 Å². The Hall–Kier alpha value is -4.04. The first-order chi connectivity index (χ1) is 16.3. The lowest BCUT2D eigenvalue weighted by Gasteiger charge is -2.12. The maximum absolute atomic E-state index is 13.3. The van der Waals surface area contributed by atoms with Gasteiger partial charge in [-0.1, -0.05) is 24.3 Å². The van der Waals surface area contributed by atoms with Crippen LogP contribution in [0.3, 0.4) is 0 Å². The van der Waals surface area contributed by atoms with Crippen molar-refractivity contribution < 1.29 is 4.84 Å². The molecular formula is C26H28N6O2. The number of hydroxylamine groups is 1. The first kappa shape index (κ1) is 23.1. The van der Waals surface area contributed by atoms with Crippen molar-refractivity contribution in [2.24, 2.45) is 12.0 Å². The highest BCUT2D eigenvalue weighted by Crippen LogP contribution is 2.25. The average Bonchev–Trinajstić information content (AvgIpc) is 3.27. The van der Waals surface area contributed by atoms with E-state index in [0.717, 1.165) is 38.6 Å². The number of nitrogens with zero attached hydrogens (tertiary/aromatic N) is 4. The van der Waals surface area contributed by atoms with E-state index in [2.05, 4.69) is 32.3 Å². The van der Waals surface area contributed by atoms with E-state index in [9.17, 15) is 4.79 Å². The molecule has 0 saturated heterocycles. The second-order valence-electron chi connectivity index (χ2n) is 8.33. The molecular weight excluding hydrogens is 428 g/mol. The zero-order valence-electron chi connectivity index (χ0n) is 20.0. The van der Waals surface area contributed by atoms with Gasteiger partial charge in [-0.2, -0.15) is 0 Å². The van der Waals surface area contributed by atoms with Crippen molar-refractivity contribution in [2.45, 2.75) is 33.9 Å². The first-order valence-electron chi connectivity index (χ1n) is 11.0. The molecule has 3 aromatic rings. The van der Waals surface area contributed by atoms with Crippen molar-refractivity contribution in [1.82, 2.24) is 20.0 Å². The molecule has 2 aromatic heterocycles. The number of hydrogen-bond acceptors (Lipinski definition) is 7. The fraction of sp³-hybridized carbons (Fsp3) is 0.231. The fourth-order valence-electron chi connectivity index (χ4n) is 3.74. The number of allylic oxidation sites excluding steroid dienone is 1. The lowest BCUT2D eigenvalue weighted by molar-refractivity contribution is 0.0347. The molecule has 174 valence electrons. The molecule has 2 N–H and O–H groups in total. The van der Waals surface area contributed by atoms with Gasteiger partial charge in [0.1, 0.15) is 5.69 Å². The molecule has 1 unspecified atom stereocenters. The highest BCUT2D eigenvalue weighted by atomic mass is 16.7. The van der Waals surface area contributed by atoms with Crippen LogP contribution in [0.15, 0.2) is 58.6 Å². The third-order valence-corrected chi connectivity index (χ3v) is 5.54. The summed E-state index contributed by atoms with van der Waals surface area (Å²) >= 11 is 0. The van der Waals surface area contributed by atoms with Crippen LogP contribution in [0.4, 0.5) is 5.69 Å². The molecule has 0 spiro atoms. The zero-order chi connectivity index (χ0) is 24.4. The normalized spacial score (nSPS) is 16.4. The van der Waals surface area contributed by atoms with Gasteiger partial charge in [-0.25, -0.2) is 15.3 Å². The summed E-state index contributed by atoms with van der Waals surface area (Å²) in [4.78, 5) is 31.9. The number of hydrogen-bond donors (Lipinski definition) is 2. The van der Waals surface area contributed by atoms with Crippen LogP contribution < -0.4 is 26.9 Å². The molecule has 0 aliphatic carbocycles. The largest absolute Gasteiger partial charge is 0.325 e. The molecule has 1 aliphatic rings. The van der Waals surface area contributed by atoms with Gasteiger partial charge in [-0.3, -0.25) is 14.8 Å². The highest BCUT2D eigenvalue weighted by Gasteiger charge is 2.22. The molecule has 3 heterocycles. The van der Waals surface area contributed by atoms with Gasteiger partial charge in [0, 0.05) is 24.5 Å². The van der Waals surface area contributed by atoms with Gasteiger partial charge in [-0.15, -0.1) is 0 Å². The van der Waals surface area contributed by atoms with Crippen molar-refractivity contribution in [3.05, 3.63) is 86.7 Å². The van der Waals surface area contributed by atoms with Crippen LogP contribution in [0.25, 0.3) is 23.3 Å². The highest BCUT2D eigenvalue weighted by molar-refractivity contribution is 5.94. The molecule has 4 rings (SSSR count). The Morgan fingerprint density at radius 1 is 1.21 bits per heavy atom. The third-order valence-electron chi connectivity index (χ3n) is 5.54. The van der Waals surface area contributed by atoms with E-state index in [1.807, 2.05) is 64.1 Å². The number of aryl methyl sites for hydroxylation is 2. The predicted molar refractivity (Wildman–Crippen MR) is 135 cm³/mol. The van der Waals surface area contributed by atoms with E-state index in [0.29, 0.717) is 17.2 Å². The average molecular weight is 457 g/mol. The van der Waals surface area contributed by atoms with E-state index in [1.165, 1.54) is 0 Å². The van der Waals surface area contributed by atoms with Crippen molar-refractivity contribution in [2.75, 3.05) is 5.32 Å². The molecule has 0 radical (unpaired) electrons. The maximum atomic E-state index is 13.3. The minimum Gasteiger partial charge on any atom is -0.325 e. The van der Waals surface area contributed by atoms with E-state index in [4.69, 9.17) is 4.84 Å². The second kappa shape index (κ2) is 9.44. The number of guanidine groups is 1. The lowest BCUT2D eigenvalue weighted by atomic mass is 10.00. The number of pyridine rings is 1. The van der Waals surface area contributed by atoms with Crippen molar-refractivity contribution in [3.8, 4) is 11.1 Å². The molecule has 8 heteroatoms. The summed E-state index contributed by atoms with van der Waals surface area (Å²) in [5, 5.41) is 5.02. The Bertz CT molecular complexity index is 1470. The van der Waals surface area contributed by atoms with Gasteiger partial charge < -0.3 is 9.88 Å². The standard InChI is InChI=1S/C26H28N6O2/c1-7-18-11-21(25(33)32(6)23(18)10-15(2)3)20-12-19(9-8-16(20)4)29-26-30-24(34-31-26)22-14-27-17(5)13-28-22/h7-14,24H,2H2,1,3-6H3,(H2,29,30,31)/b18-7?,23-10+. The molecule has 0 fully saturated rings. The topological polar surface area (TPSA) is 93.4 Å². The molecule has 34 heavy (non-hydrogen) atoms. The Kier molecular flexibility index (Phi) is 6.43. The molecule has 1 atom stereocenters. The van der Waals surface area contributed by atoms with Gasteiger partial charge in [0.2, 0.25) is 12.2 Å². The summed E-state index contributed by atoms with van der Waals surface area (Å²) in [5.74, 6) is 0.448. The number of aliphatic imine (C=N–C) groups is 1. The van der Waals surface area contributed by atoms with Crippen LogP contribution >= 0.6 is 0 Å². The Morgan fingerprint density at radius 3 is 2.68 bits per heavy atom. The Morgan fingerprint density at radius 2 is 2.00 bits per heavy atom. The van der Waals surface area contributed by atoms with E-state index in [-0.39, 0.29) is 5.56 Å². The van der Waals surface area contributed by atoms with Crippen LogP contribution in [0.1, 0.15) is 37.0 Å². The summed E-state index contributed by atoms with van der Waals surface area (Å²) in [6.07, 6.45) is 6.65. The molecule has 0 bridgehead atoms. The number of anilines is 1. The van der Waals surface area contributed by atoms with Crippen LogP contribution in [0.2, 0.25) is 0 Å². The minimum absolute atomic E-state index is 0.0731. The fourth-order valence-corrected chi connectivity index (χ4v) is 3.74. The van der Waals surface area contributed by atoms with Gasteiger partial charge in [-0.05, 0) is 68.3 Å². The van der Waals surface area contributed by atoms with Gasteiger partial charge in [0.25, 0.3) is 5.56 Å². The summed E-state index contributed by atoms with van der Waals surface area (Å²) in [6.45, 7) is 11.7. The molecule has 1 aromatic carbocycles. The quantitative estimate of drug-likeness (QED) is 0.627. The number of benzene rings is 1. The minimum atomic E-state index is -0.590. The number of aromatic nitrogens is 3. The van der Waals surface area contributed by atoms with E-state index in [1.54, 1.807) is 24.0 Å². The smallest absolute Gasteiger partial charge is 0.258 e. The van der Waals surface area contributed by atoms with Crippen molar-refractivity contribution in [3.63, 3.8) is 0 Å². The second-order valence-corrected chi connectivity index (χ2v) is 8.33. The van der Waals surface area contributed by atoms with Crippen LogP contribution in [-0.2, 0) is 11.9 Å². The van der Waals surface area contributed by atoms with Crippen LogP contribution in [0, 0.1) is 13.8 Å². The molecule has 8 nitrogen and oxygen atoms in total. The Balaban J connectivity index is 1.69. The van der Waals surface area contributed by atoms with Gasteiger partial charge in [0.15, 0.2) is 0 Å².